The highest BCUT2D eigenvalue weighted by Crippen LogP contribution is 2.38. The lowest BCUT2D eigenvalue weighted by atomic mass is 9.94. The second-order valence-electron chi connectivity index (χ2n) is 5.19. The van der Waals surface area contributed by atoms with Crippen LogP contribution in [0.15, 0.2) is 23.6 Å². The van der Waals surface area contributed by atoms with Crippen molar-refractivity contribution in [1.82, 2.24) is 0 Å². The number of anilines is 2. The fourth-order valence-corrected chi connectivity index (χ4v) is 3.77. The first kappa shape index (κ1) is 14.2. The smallest absolute Gasteiger partial charge is 0.167 e. The zero-order valence-corrected chi connectivity index (χ0v) is 12.8. The zero-order valence-electron chi connectivity index (χ0n) is 12.0. The Bertz CT molecular complexity index is 641. The van der Waals surface area contributed by atoms with Gasteiger partial charge in [0.2, 0.25) is 0 Å². The van der Waals surface area contributed by atoms with Crippen LogP contribution in [0.5, 0.6) is 5.75 Å². The minimum absolute atomic E-state index is 0.238. The van der Waals surface area contributed by atoms with E-state index in [-0.39, 0.29) is 11.8 Å². The van der Waals surface area contributed by atoms with Crippen LogP contribution < -0.4 is 15.8 Å². The number of rotatable bonds is 4. The van der Waals surface area contributed by atoms with Gasteiger partial charge in [0.15, 0.2) is 11.6 Å². The zero-order chi connectivity index (χ0) is 14.8. The van der Waals surface area contributed by atoms with E-state index in [9.17, 15) is 4.39 Å². The molecular weight excluding hydrogens is 287 g/mol. The fraction of sp³-hybridized carbons (Fsp3) is 0.375. The molecule has 0 aliphatic heterocycles. The number of halogens is 1. The number of nitrogen functional groups attached to an aromatic ring is 1. The topological polar surface area (TPSA) is 47.3 Å². The van der Waals surface area contributed by atoms with Gasteiger partial charge >= 0.3 is 0 Å². The molecule has 1 aliphatic rings. The van der Waals surface area contributed by atoms with Crippen LogP contribution in [0, 0.1) is 5.82 Å². The van der Waals surface area contributed by atoms with Crippen molar-refractivity contribution in [2.45, 2.75) is 32.2 Å². The lowest BCUT2D eigenvalue weighted by molar-refractivity contribution is 0.322. The molecule has 5 heteroatoms. The van der Waals surface area contributed by atoms with Crippen molar-refractivity contribution in [3.8, 4) is 5.75 Å². The van der Waals surface area contributed by atoms with Crippen LogP contribution >= 0.6 is 11.3 Å². The summed E-state index contributed by atoms with van der Waals surface area (Å²) in [7, 11) is 0. The van der Waals surface area contributed by atoms with Crippen molar-refractivity contribution in [3.63, 3.8) is 0 Å². The van der Waals surface area contributed by atoms with Crippen LogP contribution in [-0.4, -0.2) is 6.61 Å². The molecule has 3 nitrogen and oxygen atoms in total. The number of nitrogens with two attached hydrogens (primary N) is 1. The van der Waals surface area contributed by atoms with Gasteiger partial charge < -0.3 is 15.8 Å². The summed E-state index contributed by atoms with van der Waals surface area (Å²) in [4.78, 5) is 1.43. The molecule has 3 N–H and O–H groups in total. The summed E-state index contributed by atoms with van der Waals surface area (Å²) < 4.78 is 19.1. The number of ether oxygens (including phenoxy) is 1. The number of hydrogen-bond donors (Lipinski definition) is 2. The fourth-order valence-electron chi connectivity index (χ4n) is 2.78. The second-order valence-corrected chi connectivity index (χ2v) is 6.19. The van der Waals surface area contributed by atoms with Crippen LogP contribution in [0.25, 0.3) is 0 Å². The molecule has 1 aliphatic carbocycles. The Labute approximate surface area is 127 Å². The van der Waals surface area contributed by atoms with Crippen LogP contribution in [0.2, 0.25) is 0 Å². The Kier molecular flexibility index (Phi) is 4.01. The van der Waals surface area contributed by atoms with Crippen molar-refractivity contribution in [2.24, 2.45) is 0 Å². The lowest BCUT2D eigenvalue weighted by Crippen LogP contribution is -2.16. The normalized spacial score (nSPS) is 17.3. The first-order valence-corrected chi connectivity index (χ1v) is 8.11. The molecule has 0 spiro atoms. The molecule has 1 aromatic carbocycles. The van der Waals surface area contributed by atoms with E-state index in [2.05, 4.69) is 16.8 Å². The molecule has 3 rings (SSSR count). The molecule has 0 radical (unpaired) electrons. The summed E-state index contributed by atoms with van der Waals surface area (Å²) in [5, 5.41) is 5.58. The molecule has 1 atom stereocenters. The molecule has 112 valence electrons. The monoisotopic (exact) mass is 306 g/mol. The Balaban J connectivity index is 1.87. The predicted molar refractivity (Wildman–Crippen MR) is 85.6 cm³/mol. The maximum absolute atomic E-state index is 13.8. The van der Waals surface area contributed by atoms with E-state index in [0.29, 0.717) is 12.3 Å². The Morgan fingerprint density at radius 1 is 1.48 bits per heavy atom. The van der Waals surface area contributed by atoms with Gasteiger partial charge in [0.1, 0.15) is 0 Å². The van der Waals surface area contributed by atoms with Gasteiger partial charge in [-0.3, -0.25) is 0 Å². The summed E-state index contributed by atoms with van der Waals surface area (Å²) in [6.07, 6.45) is 3.36. The molecule has 21 heavy (non-hydrogen) atoms. The standard InChI is InChI=1S/C16H19FN2OS/c1-2-20-15-9-14(12(18)8-11(15)17)19-13-4-3-5-16-10(13)6-7-21-16/h6-9,13,19H,2-5,18H2,1H3. The van der Waals surface area contributed by atoms with E-state index >= 15 is 0 Å². The number of aryl methyl sites for hydroxylation is 1. The molecule has 0 fully saturated rings. The average Bonchev–Trinajstić information content (AvgIpc) is 2.93. The van der Waals surface area contributed by atoms with E-state index in [1.807, 2.05) is 6.92 Å². The highest BCUT2D eigenvalue weighted by Gasteiger charge is 2.22. The van der Waals surface area contributed by atoms with Gasteiger partial charge in [-0.05, 0) is 43.2 Å². The third-order valence-corrected chi connectivity index (χ3v) is 4.78. The average molecular weight is 306 g/mol. The van der Waals surface area contributed by atoms with Crippen molar-refractivity contribution in [2.75, 3.05) is 17.7 Å². The number of hydrogen-bond acceptors (Lipinski definition) is 4. The van der Waals surface area contributed by atoms with Gasteiger partial charge in [-0.15, -0.1) is 11.3 Å². The van der Waals surface area contributed by atoms with Crippen LogP contribution in [0.3, 0.4) is 0 Å². The summed E-state index contributed by atoms with van der Waals surface area (Å²) >= 11 is 1.80. The Morgan fingerprint density at radius 3 is 3.14 bits per heavy atom. The molecule has 0 bridgehead atoms. The number of thiophene rings is 1. The third kappa shape index (κ3) is 2.83. The van der Waals surface area contributed by atoms with Crippen molar-refractivity contribution < 1.29 is 9.13 Å². The number of benzene rings is 1. The van der Waals surface area contributed by atoms with Crippen molar-refractivity contribution in [1.29, 1.82) is 0 Å². The highest BCUT2D eigenvalue weighted by molar-refractivity contribution is 7.10. The summed E-state index contributed by atoms with van der Waals surface area (Å²) in [5.74, 6) is -0.171. The maximum atomic E-state index is 13.8. The summed E-state index contributed by atoms with van der Waals surface area (Å²) in [6.45, 7) is 2.26. The van der Waals surface area contributed by atoms with Crippen molar-refractivity contribution >= 4 is 22.7 Å². The summed E-state index contributed by atoms with van der Waals surface area (Å²) in [5.41, 5.74) is 8.44. The van der Waals surface area contributed by atoms with Gasteiger partial charge in [0.05, 0.1) is 24.0 Å². The first-order valence-electron chi connectivity index (χ1n) is 7.23. The third-order valence-electron chi connectivity index (χ3n) is 3.79. The van der Waals surface area contributed by atoms with E-state index < -0.39 is 5.82 Å². The molecule has 1 aromatic heterocycles. The number of fused-ring (bicyclic) bond motifs is 1. The largest absolute Gasteiger partial charge is 0.491 e. The highest BCUT2D eigenvalue weighted by atomic mass is 32.1. The quantitative estimate of drug-likeness (QED) is 0.825. The van der Waals surface area contributed by atoms with E-state index in [1.165, 1.54) is 16.5 Å². The Hall–Kier alpha value is -1.75. The van der Waals surface area contributed by atoms with E-state index in [4.69, 9.17) is 10.5 Å². The predicted octanol–water partition coefficient (Wildman–Crippen LogP) is 4.36. The summed E-state index contributed by atoms with van der Waals surface area (Å²) in [6, 6.07) is 5.39. The van der Waals surface area contributed by atoms with E-state index in [0.717, 1.165) is 24.9 Å². The van der Waals surface area contributed by atoms with Gasteiger partial charge in [0, 0.05) is 17.0 Å². The molecule has 0 saturated heterocycles. The maximum Gasteiger partial charge on any atom is 0.167 e. The molecular formula is C16H19FN2OS. The van der Waals surface area contributed by atoms with Gasteiger partial charge in [-0.25, -0.2) is 4.39 Å². The molecule has 2 aromatic rings. The lowest BCUT2D eigenvalue weighted by Gasteiger charge is -2.25. The Morgan fingerprint density at radius 2 is 2.33 bits per heavy atom. The molecule has 1 heterocycles. The number of nitrogens with one attached hydrogen (secondary N) is 1. The molecule has 0 amide bonds. The molecule has 0 saturated carbocycles. The van der Waals surface area contributed by atoms with Gasteiger partial charge in [0.25, 0.3) is 0 Å². The second kappa shape index (κ2) is 5.93. The van der Waals surface area contributed by atoms with Crippen LogP contribution in [0.1, 0.15) is 36.2 Å². The minimum Gasteiger partial charge on any atom is -0.491 e. The minimum atomic E-state index is -0.417. The molecule has 1 unspecified atom stereocenters. The SMILES string of the molecule is CCOc1cc(NC2CCCc3sccc32)c(N)cc1F. The van der Waals surface area contributed by atoms with Gasteiger partial charge in [-0.1, -0.05) is 0 Å². The van der Waals surface area contributed by atoms with Crippen LogP contribution in [0.4, 0.5) is 15.8 Å². The van der Waals surface area contributed by atoms with Crippen molar-refractivity contribution in [3.05, 3.63) is 39.8 Å². The van der Waals surface area contributed by atoms with E-state index in [1.54, 1.807) is 17.4 Å². The van der Waals surface area contributed by atoms with Crippen LogP contribution in [-0.2, 0) is 6.42 Å². The van der Waals surface area contributed by atoms with Gasteiger partial charge in [-0.2, -0.15) is 0 Å². The first-order chi connectivity index (χ1) is 10.2.